The average molecular weight is 214 g/mol. The van der Waals surface area contributed by atoms with E-state index in [1.54, 1.807) is 0 Å². The standard InChI is InChI=1S/C13H14N2O/c1-10-7-11(2)15(14-10)8-12-3-5-13(9-16)6-4-12/h3-7,9H,8H2,1-2H3. The number of aryl methyl sites for hydroxylation is 2. The molecule has 0 amide bonds. The zero-order valence-corrected chi connectivity index (χ0v) is 9.47. The second-order valence-corrected chi connectivity index (χ2v) is 3.94. The van der Waals surface area contributed by atoms with E-state index in [2.05, 4.69) is 11.2 Å². The van der Waals surface area contributed by atoms with Crippen LogP contribution in [0.15, 0.2) is 30.3 Å². The monoisotopic (exact) mass is 214 g/mol. The van der Waals surface area contributed by atoms with Gasteiger partial charge in [-0.3, -0.25) is 9.48 Å². The fraction of sp³-hybridized carbons (Fsp3) is 0.231. The summed E-state index contributed by atoms with van der Waals surface area (Å²) in [5.41, 5.74) is 4.04. The van der Waals surface area contributed by atoms with Gasteiger partial charge in [-0.15, -0.1) is 0 Å². The molecule has 16 heavy (non-hydrogen) atoms. The SMILES string of the molecule is Cc1cc(C)n(Cc2ccc(C=O)cc2)n1. The van der Waals surface area contributed by atoms with Crippen molar-refractivity contribution in [2.75, 3.05) is 0 Å². The molecule has 0 saturated heterocycles. The zero-order valence-electron chi connectivity index (χ0n) is 9.47. The van der Waals surface area contributed by atoms with E-state index < -0.39 is 0 Å². The lowest BCUT2D eigenvalue weighted by Crippen LogP contribution is -2.03. The van der Waals surface area contributed by atoms with E-state index in [0.29, 0.717) is 5.56 Å². The van der Waals surface area contributed by atoms with Crippen LogP contribution in [-0.4, -0.2) is 16.1 Å². The largest absolute Gasteiger partial charge is 0.298 e. The van der Waals surface area contributed by atoms with E-state index in [1.165, 1.54) is 0 Å². The number of rotatable bonds is 3. The van der Waals surface area contributed by atoms with Gasteiger partial charge in [0.1, 0.15) is 6.29 Å². The average Bonchev–Trinajstić information content (AvgIpc) is 2.59. The molecule has 0 aliphatic heterocycles. The Balaban J connectivity index is 2.20. The summed E-state index contributed by atoms with van der Waals surface area (Å²) in [7, 11) is 0. The highest BCUT2D eigenvalue weighted by Gasteiger charge is 2.01. The fourth-order valence-corrected chi connectivity index (χ4v) is 1.71. The summed E-state index contributed by atoms with van der Waals surface area (Å²) in [5, 5.41) is 4.40. The van der Waals surface area contributed by atoms with E-state index in [0.717, 1.165) is 29.8 Å². The summed E-state index contributed by atoms with van der Waals surface area (Å²) < 4.78 is 1.96. The Kier molecular flexibility index (Phi) is 2.86. The van der Waals surface area contributed by atoms with Crippen molar-refractivity contribution in [2.45, 2.75) is 20.4 Å². The Bertz CT molecular complexity index is 497. The van der Waals surface area contributed by atoms with E-state index in [-0.39, 0.29) is 0 Å². The molecule has 3 heteroatoms. The van der Waals surface area contributed by atoms with Crippen LogP contribution in [0.4, 0.5) is 0 Å². The Morgan fingerprint density at radius 3 is 2.44 bits per heavy atom. The molecule has 0 N–H and O–H groups in total. The van der Waals surface area contributed by atoms with Gasteiger partial charge in [0, 0.05) is 11.3 Å². The second-order valence-electron chi connectivity index (χ2n) is 3.94. The van der Waals surface area contributed by atoms with Gasteiger partial charge in [0.25, 0.3) is 0 Å². The van der Waals surface area contributed by atoms with E-state index in [1.807, 2.05) is 42.8 Å². The Morgan fingerprint density at radius 2 is 1.94 bits per heavy atom. The van der Waals surface area contributed by atoms with Crippen molar-refractivity contribution in [1.82, 2.24) is 9.78 Å². The third kappa shape index (κ3) is 2.19. The number of nitrogens with zero attached hydrogens (tertiary/aromatic N) is 2. The van der Waals surface area contributed by atoms with Crippen molar-refractivity contribution in [2.24, 2.45) is 0 Å². The molecule has 0 saturated carbocycles. The number of hydrogen-bond acceptors (Lipinski definition) is 2. The third-order valence-electron chi connectivity index (χ3n) is 2.55. The van der Waals surface area contributed by atoms with Gasteiger partial charge >= 0.3 is 0 Å². The molecule has 0 unspecified atom stereocenters. The number of carbonyl (C=O) groups is 1. The molecule has 0 aliphatic rings. The molecule has 3 nitrogen and oxygen atoms in total. The van der Waals surface area contributed by atoms with Crippen LogP contribution >= 0.6 is 0 Å². The van der Waals surface area contributed by atoms with Crippen molar-refractivity contribution >= 4 is 6.29 Å². The first-order valence-electron chi connectivity index (χ1n) is 5.24. The lowest BCUT2D eigenvalue weighted by atomic mass is 10.1. The molecule has 0 aliphatic carbocycles. The topological polar surface area (TPSA) is 34.9 Å². The van der Waals surface area contributed by atoms with Crippen molar-refractivity contribution < 1.29 is 4.79 Å². The summed E-state index contributed by atoms with van der Waals surface area (Å²) in [4.78, 5) is 10.5. The summed E-state index contributed by atoms with van der Waals surface area (Å²) in [6, 6.07) is 9.63. The van der Waals surface area contributed by atoms with Crippen LogP contribution in [0.25, 0.3) is 0 Å². The molecule has 1 aromatic heterocycles. The second kappa shape index (κ2) is 4.31. The molecule has 0 spiro atoms. The van der Waals surface area contributed by atoms with Crippen LogP contribution in [-0.2, 0) is 6.54 Å². The van der Waals surface area contributed by atoms with Gasteiger partial charge in [0.05, 0.1) is 12.2 Å². The minimum absolute atomic E-state index is 0.706. The van der Waals surface area contributed by atoms with Gasteiger partial charge < -0.3 is 0 Å². The minimum atomic E-state index is 0.706. The van der Waals surface area contributed by atoms with Crippen LogP contribution in [0, 0.1) is 13.8 Å². The molecular formula is C13H14N2O. The van der Waals surface area contributed by atoms with Gasteiger partial charge in [0.15, 0.2) is 0 Å². The Morgan fingerprint density at radius 1 is 1.25 bits per heavy atom. The molecule has 2 rings (SSSR count). The normalized spacial score (nSPS) is 10.4. The smallest absolute Gasteiger partial charge is 0.150 e. The van der Waals surface area contributed by atoms with Crippen molar-refractivity contribution in [3.63, 3.8) is 0 Å². The van der Waals surface area contributed by atoms with E-state index >= 15 is 0 Å². The van der Waals surface area contributed by atoms with Gasteiger partial charge in [0.2, 0.25) is 0 Å². The first-order valence-corrected chi connectivity index (χ1v) is 5.24. The van der Waals surface area contributed by atoms with Gasteiger partial charge in [-0.1, -0.05) is 24.3 Å². The van der Waals surface area contributed by atoms with Gasteiger partial charge in [-0.25, -0.2) is 0 Å². The van der Waals surface area contributed by atoms with Gasteiger partial charge in [-0.05, 0) is 25.5 Å². The highest BCUT2D eigenvalue weighted by Crippen LogP contribution is 2.08. The molecule has 0 radical (unpaired) electrons. The first-order chi connectivity index (χ1) is 7.69. The maximum absolute atomic E-state index is 10.5. The third-order valence-corrected chi connectivity index (χ3v) is 2.55. The van der Waals surface area contributed by atoms with Crippen LogP contribution in [0.1, 0.15) is 27.3 Å². The summed E-state index contributed by atoms with van der Waals surface area (Å²) in [6.45, 7) is 4.78. The summed E-state index contributed by atoms with van der Waals surface area (Å²) >= 11 is 0. The lowest BCUT2D eigenvalue weighted by molar-refractivity contribution is 0.112. The van der Waals surface area contributed by atoms with Crippen LogP contribution in [0.5, 0.6) is 0 Å². The Labute approximate surface area is 94.7 Å². The van der Waals surface area contributed by atoms with E-state index in [9.17, 15) is 4.79 Å². The molecule has 2 aromatic rings. The lowest BCUT2D eigenvalue weighted by Gasteiger charge is -2.04. The molecule has 0 bridgehead atoms. The van der Waals surface area contributed by atoms with Gasteiger partial charge in [-0.2, -0.15) is 5.10 Å². The summed E-state index contributed by atoms with van der Waals surface area (Å²) in [5.74, 6) is 0. The van der Waals surface area contributed by atoms with Crippen molar-refractivity contribution in [3.8, 4) is 0 Å². The predicted molar refractivity (Wildman–Crippen MR) is 62.6 cm³/mol. The molecule has 1 heterocycles. The zero-order chi connectivity index (χ0) is 11.5. The summed E-state index contributed by atoms with van der Waals surface area (Å²) in [6.07, 6.45) is 0.854. The maximum atomic E-state index is 10.5. The first kappa shape index (κ1) is 10.6. The molecule has 0 atom stereocenters. The fourth-order valence-electron chi connectivity index (χ4n) is 1.71. The maximum Gasteiger partial charge on any atom is 0.150 e. The molecule has 82 valence electrons. The quantitative estimate of drug-likeness (QED) is 0.735. The highest BCUT2D eigenvalue weighted by atomic mass is 16.1. The van der Waals surface area contributed by atoms with Crippen molar-refractivity contribution in [1.29, 1.82) is 0 Å². The van der Waals surface area contributed by atoms with Crippen LogP contribution in [0.2, 0.25) is 0 Å². The highest BCUT2D eigenvalue weighted by molar-refractivity contribution is 5.74. The van der Waals surface area contributed by atoms with Crippen molar-refractivity contribution in [3.05, 3.63) is 52.8 Å². The number of aldehydes is 1. The Hall–Kier alpha value is -1.90. The number of benzene rings is 1. The predicted octanol–water partition coefficient (Wildman–Crippen LogP) is 2.36. The van der Waals surface area contributed by atoms with Crippen LogP contribution < -0.4 is 0 Å². The molecule has 0 fully saturated rings. The molecule has 1 aromatic carbocycles. The number of hydrogen-bond donors (Lipinski definition) is 0. The van der Waals surface area contributed by atoms with E-state index in [4.69, 9.17) is 0 Å². The molecular weight excluding hydrogens is 200 g/mol. The number of carbonyl (C=O) groups excluding carboxylic acids is 1. The minimum Gasteiger partial charge on any atom is -0.298 e. The van der Waals surface area contributed by atoms with Crippen LogP contribution in [0.3, 0.4) is 0 Å². The number of aromatic nitrogens is 2.